The molecular formula is C21H22N2O7S. The number of amides is 2. The Kier molecular flexibility index (Phi) is 5.81. The minimum Gasteiger partial charge on any atom is -0.459 e. The van der Waals surface area contributed by atoms with Gasteiger partial charge in [0.25, 0.3) is 11.8 Å². The van der Waals surface area contributed by atoms with Gasteiger partial charge in [-0.05, 0) is 29.7 Å². The molecular weight excluding hydrogens is 424 g/mol. The molecule has 9 nitrogen and oxygen atoms in total. The summed E-state index contributed by atoms with van der Waals surface area (Å²) in [6.45, 7) is -0.335. The summed E-state index contributed by atoms with van der Waals surface area (Å²) in [5, 5.41) is 2.57. The van der Waals surface area contributed by atoms with Crippen LogP contribution in [0.4, 0.5) is 0 Å². The minimum absolute atomic E-state index is 0.0308. The Labute approximate surface area is 179 Å². The fourth-order valence-corrected chi connectivity index (χ4v) is 5.57. The Morgan fingerprint density at radius 1 is 1.13 bits per heavy atom. The van der Waals surface area contributed by atoms with E-state index in [1.165, 1.54) is 17.2 Å². The van der Waals surface area contributed by atoms with Crippen molar-refractivity contribution in [3.63, 3.8) is 0 Å². The number of hydrogen-bond acceptors (Lipinski definition) is 7. The normalized spacial score (nSPS) is 21.9. The largest absolute Gasteiger partial charge is 0.459 e. The van der Waals surface area contributed by atoms with Crippen LogP contribution >= 0.6 is 0 Å². The zero-order chi connectivity index (χ0) is 22.0. The minimum atomic E-state index is -3.13. The molecule has 1 aromatic heterocycles. The van der Waals surface area contributed by atoms with Crippen molar-refractivity contribution in [3.05, 3.63) is 59.5 Å². The van der Waals surface area contributed by atoms with Crippen molar-refractivity contribution in [2.45, 2.75) is 31.5 Å². The first kappa shape index (κ1) is 21.1. The zero-order valence-corrected chi connectivity index (χ0v) is 17.5. The highest BCUT2D eigenvalue weighted by Gasteiger charge is 2.37. The monoisotopic (exact) mass is 446 g/mol. The van der Waals surface area contributed by atoms with Gasteiger partial charge in [-0.2, -0.15) is 0 Å². The van der Waals surface area contributed by atoms with Crippen LogP contribution in [0.15, 0.2) is 47.1 Å². The number of hydrogen-bond donors (Lipinski definition) is 1. The Morgan fingerprint density at radius 3 is 2.58 bits per heavy atom. The predicted molar refractivity (Wildman–Crippen MR) is 109 cm³/mol. The van der Waals surface area contributed by atoms with Crippen molar-refractivity contribution in [2.75, 3.05) is 18.1 Å². The maximum absolute atomic E-state index is 12.9. The lowest BCUT2D eigenvalue weighted by atomic mass is 9.93. The molecule has 1 N–H and O–H groups in total. The number of nitrogens with one attached hydrogen (secondary N) is 1. The van der Waals surface area contributed by atoms with Gasteiger partial charge in [-0.3, -0.25) is 9.59 Å². The van der Waals surface area contributed by atoms with Gasteiger partial charge >= 0.3 is 5.97 Å². The standard InChI is InChI=1S/C21H22N2O7S/c24-19(22-16-7-9-31(27,28)13-16)12-30-21(26)17-10-14-4-1-2-5-15(14)11-23(17)20(25)18-6-3-8-29-18/h1-6,8,16-17H,7,9-13H2,(H,22,24)/t16?,17-/m0/s1. The Morgan fingerprint density at radius 2 is 1.90 bits per heavy atom. The smallest absolute Gasteiger partial charge is 0.329 e. The number of rotatable bonds is 5. The molecule has 1 aromatic carbocycles. The van der Waals surface area contributed by atoms with Gasteiger partial charge in [0.15, 0.2) is 22.2 Å². The summed E-state index contributed by atoms with van der Waals surface area (Å²) < 4.78 is 33.4. The second-order valence-corrected chi connectivity index (χ2v) is 9.90. The third kappa shape index (κ3) is 4.79. The van der Waals surface area contributed by atoms with E-state index in [1.54, 1.807) is 6.07 Å². The summed E-state index contributed by atoms with van der Waals surface area (Å²) in [5.41, 5.74) is 1.85. The first-order chi connectivity index (χ1) is 14.8. The molecule has 1 unspecified atom stereocenters. The number of esters is 1. The molecule has 4 rings (SSSR count). The fraction of sp³-hybridized carbons (Fsp3) is 0.381. The van der Waals surface area contributed by atoms with E-state index in [1.807, 2.05) is 24.3 Å². The molecule has 1 fully saturated rings. The van der Waals surface area contributed by atoms with Gasteiger partial charge in [0, 0.05) is 19.0 Å². The molecule has 10 heteroatoms. The number of nitrogens with zero attached hydrogens (tertiary/aromatic N) is 1. The van der Waals surface area contributed by atoms with Gasteiger partial charge in [-0.25, -0.2) is 13.2 Å². The van der Waals surface area contributed by atoms with Gasteiger partial charge in [-0.15, -0.1) is 0 Å². The Bertz CT molecular complexity index is 1090. The van der Waals surface area contributed by atoms with Crippen molar-refractivity contribution in [2.24, 2.45) is 0 Å². The van der Waals surface area contributed by atoms with Crippen LogP contribution in [0.2, 0.25) is 0 Å². The van der Waals surface area contributed by atoms with Crippen LogP contribution in [0.25, 0.3) is 0 Å². The molecule has 0 aliphatic carbocycles. The number of fused-ring (bicyclic) bond motifs is 1. The Hall–Kier alpha value is -3.14. The van der Waals surface area contributed by atoms with E-state index >= 15 is 0 Å². The summed E-state index contributed by atoms with van der Waals surface area (Å²) >= 11 is 0. The summed E-state index contributed by atoms with van der Waals surface area (Å²) in [5.74, 6) is -1.70. The summed E-state index contributed by atoms with van der Waals surface area (Å²) in [4.78, 5) is 39.2. The van der Waals surface area contributed by atoms with E-state index in [2.05, 4.69) is 5.32 Å². The second kappa shape index (κ2) is 8.54. The number of carbonyl (C=O) groups excluding carboxylic acids is 3. The molecule has 2 atom stereocenters. The van der Waals surface area contributed by atoms with Gasteiger partial charge in [0.1, 0.15) is 6.04 Å². The van der Waals surface area contributed by atoms with Crippen LogP contribution in [0.3, 0.4) is 0 Å². The number of sulfone groups is 1. The molecule has 3 heterocycles. The second-order valence-electron chi connectivity index (χ2n) is 7.67. The summed E-state index contributed by atoms with van der Waals surface area (Å²) in [6.07, 6.45) is 1.98. The lowest BCUT2D eigenvalue weighted by Crippen LogP contribution is -2.50. The van der Waals surface area contributed by atoms with Crippen LogP contribution in [0.5, 0.6) is 0 Å². The van der Waals surface area contributed by atoms with Crippen LogP contribution in [-0.2, 0) is 37.1 Å². The quantitative estimate of drug-likeness (QED) is 0.671. The van der Waals surface area contributed by atoms with Crippen molar-refractivity contribution < 1.29 is 32.0 Å². The first-order valence-corrected chi connectivity index (χ1v) is 11.7. The number of ether oxygens (including phenoxy) is 1. The van der Waals surface area contributed by atoms with Crippen LogP contribution < -0.4 is 5.32 Å². The summed E-state index contributed by atoms with van der Waals surface area (Å²) in [7, 11) is -3.13. The van der Waals surface area contributed by atoms with E-state index in [0.29, 0.717) is 6.42 Å². The van der Waals surface area contributed by atoms with Crippen LogP contribution in [0, 0.1) is 0 Å². The third-order valence-electron chi connectivity index (χ3n) is 5.46. The zero-order valence-electron chi connectivity index (χ0n) is 16.7. The molecule has 0 spiro atoms. The van der Waals surface area contributed by atoms with Gasteiger partial charge in [-0.1, -0.05) is 24.3 Å². The molecule has 0 bridgehead atoms. The first-order valence-electron chi connectivity index (χ1n) is 9.90. The van der Waals surface area contributed by atoms with Gasteiger partial charge in [0.05, 0.1) is 17.8 Å². The molecule has 164 valence electrons. The molecule has 0 saturated carbocycles. The van der Waals surface area contributed by atoms with E-state index in [0.717, 1.165) is 11.1 Å². The fourth-order valence-electron chi connectivity index (χ4n) is 3.90. The number of furan rings is 1. The maximum Gasteiger partial charge on any atom is 0.329 e. The highest BCUT2D eigenvalue weighted by atomic mass is 32.2. The highest BCUT2D eigenvalue weighted by molar-refractivity contribution is 7.91. The molecule has 0 radical (unpaired) electrons. The lowest BCUT2D eigenvalue weighted by Gasteiger charge is -2.34. The topological polar surface area (TPSA) is 123 Å². The van der Waals surface area contributed by atoms with Gasteiger partial charge < -0.3 is 19.4 Å². The molecule has 2 aliphatic heterocycles. The SMILES string of the molecule is O=C(COC(=O)[C@@H]1Cc2ccccc2CN1C(=O)c1ccco1)NC1CCS(=O)(=O)C1. The van der Waals surface area contributed by atoms with Crippen LogP contribution in [-0.4, -0.2) is 61.3 Å². The van der Waals surface area contributed by atoms with E-state index in [-0.39, 0.29) is 30.2 Å². The van der Waals surface area contributed by atoms with Crippen LogP contribution in [0.1, 0.15) is 28.1 Å². The average molecular weight is 446 g/mol. The summed E-state index contributed by atoms with van der Waals surface area (Å²) in [6, 6.07) is 9.22. The van der Waals surface area contributed by atoms with Gasteiger partial charge in [0.2, 0.25) is 0 Å². The highest BCUT2D eigenvalue weighted by Crippen LogP contribution is 2.26. The third-order valence-corrected chi connectivity index (χ3v) is 7.22. The predicted octanol–water partition coefficient (Wildman–Crippen LogP) is 0.693. The number of carbonyl (C=O) groups is 3. The van der Waals surface area contributed by atoms with Crippen molar-refractivity contribution in [1.82, 2.24) is 10.2 Å². The van der Waals surface area contributed by atoms with E-state index < -0.39 is 46.3 Å². The van der Waals surface area contributed by atoms with E-state index in [4.69, 9.17) is 9.15 Å². The Balaban J connectivity index is 1.43. The average Bonchev–Trinajstić information content (AvgIpc) is 3.40. The lowest BCUT2D eigenvalue weighted by molar-refractivity contribution is -0.153. The molecule has 2 aromatic rings. The number of benzene rings is 1. The molecule has 2 aliphatic rings. The maximum atomic E-state index is 12.9. The van der Waals surface area contributed by atoms with Crippen molar-refractivity contribution >= 4 is 27.6 Å². The van der Waals surface area contributed by atoms with Crippen molar-refractivity contribution in [3.8, 4) is 0 Å². The van der Waals surface area contributed by atoms with E-state index in [9.17, 15) is 22.8 Å². The molecule has 31 heavy (non-hydrogen) atoms. The molecule has 1 saturated heterocycles. The molecule has 2 amide bonds. The van der Waals surface area contributed by atoms with Crippen molar-refractivity contribution in [1.29, 1.82) is 0 Å².